The molecule has 4 rings (SSSR count). The highest BCUT2D eigenvalue weighted by atomic mass is 16.4. The van der Waals surface area contributed by atoms with Crippen LogP contribution in [0.15, 0.2) is 54.6 Å². The standard InChI is InChI=1S/C23H18O6/c24-18-9-12-5-1-3-7-14(12)16(20(18)22(26)27)11-17-15-8-4-2-6-13(15)10-19(25)21(17)23(28)29/h1-10,18,20,24-25H,11H2,(H,26,27)(H,28,29)/p-2. The fourth-order valence-corrected chi connectivity index (χ4v) is 4.08. The van der Waals surface area contributed by atoms with Gasteiger partial charge in [-0.2, -0.15) is 0 Å². The van der Waals surface area contributed by atoms with Crippen molar-refractivity contribution in [1.29, 1.82) is 0 Å². The van der Waals surface area contributed by atoms with Gasteiger partial charge < -0.3 is 25.2 Å². The molecule has 6 nitrogen and oxygen atoms in total. The van der Waals surface area contributed by atoms with E-state index in [9.17, 15) is 30.0 Å². The summed E-state index contributed by atoms with van der Waals surface area (Å²) in [4.78, 5) is 23.7. The Morgan fingerprint density at radius 2 is 1.72 bits per heavy atom. The lowest BCUT2D eigenvalue weighted by Crippen LogP contribution is -2.47. The van der Waals surface area contributed by atoms with Gasteiger partial charge in [0.15, 0.2) is 0 Å². The first-order valence-corrected chi connectivity index (χ1v) is 9.02. The minimum Gasteiger partial charge on any atom is -0.872 e. The van der Waals surface area contributed by atoms with E-state index >= 15 is 0 Å². The van der Waals surface area contributed by atoms with Gasteiger partial charge in [0, 0.05) is 0 Å². The van der Waals surface area contributed by atoms with Crippen molar-refractivity contribution in [3.8, 4) is 5.75 Å². The van der Waals surface area contributed by atoms with E-state index in [2.05, 4.69) is 0 Å². The third kappa shape index (κ3) is 3.13. The van der Waals surface area contributed by atoms with E-state index in [0.29, 0.717) is 26.8 Å². The predicted octanol–water partition coefficient (Wildman–Crippen LogP) is -0.474. The Labute approximate surface area is 165 Å². The van der Waals surface area contributed by atoms with Gasteiger partial charge in [-0.15, -0.1) is 0 Å². The Bertz CT molecular complexity index is 1270. The molecule has 146 valence electrons. The van der Waals surface area contributed by atoms with E-state index in [0.717, 1.165) is 0 Å². The van der Waals surface area contributed by atoms with Crippen molar-refractivity contribution in [3.63, 3.8) is 0 Å². The molecular weight excluding hydrogens is 372 g/mol. The fourth-order valence-electron chi connectivity index (χ4n) is 4.08. The zero-order chi connectivity index (χ0) is 20.7. The highest BCUT2D eigenvalue weighted by Gasteiger charge is 2.28. The minimum absolute atomic E-state index is 0.112. The maximum absolute atomic E-state index is 12.5. The monoisotopic (exact) mass is 388 g/mol. The van der Waals surface area contributed by atoms with Gasteiger partial charge in [0.2, 0.25) is 0 Å². The van der Waals surface area contributed by atoms with Crippen LogP contribution in [0.2, 0.25) is 0 Å². The summed E-state index contributed by atoms with van der Waals surface area (Å²) in [5, 5.41) is 46.7. The first-order chi connectivity index (χ1) is 13.9. The average molecular weight is 388 g/mol. The van der Waals surface area contributed by atoms with E-state index in [1.807, 2.05) is 0 Å². The van der Waals surface area contributed by atoms with Gasteiger partial charge in [-0.1, -0.05) is 60.3 Å². The van der Waals surface area contributed by atoms with Crippen molar-refractivity contribution >= 4 is 34.4 Å². The van der Waals surface area contributed by atoms with Gasteiger partial charge in [0.25, 0.3) is 0 Å². The number of carboxylic acid groups (broad SMARTS) is 2. The molecule has 0 aliphatic heterocycles. The lowest BCUT2D eigenvalue weighted by molar-refractivity contribution is -0.310. The molecule has 0 fully saturated rings. The Kier molecular flexibility index (Phi) is 4.56. The van der Waals surface area contributed by atoms with Gasteiger partial charge in [-0.25, -0.2) is 4.79 Å². The molecule has 0 spiro atoms. The number of aliphatic hydroxyl groups excluding tert-OH is 1. The van der Waals surface area contributed by atoms with Crippen LogP contribution in [0.25, 0.3) is 22.4 Å². The highest BCUT2D eigenvalue weighted by Crippen LogP contribution is 2.33. The summed E-state index contributed by atoms with van der Waals surface area (Å²) >= 11 is 0. The van der Waals surface area contributed by atoms with Gasteiger partial charge in [0.05, 0.1) is 23.6 Å². The van der Waals surface area contributed by atoms with E-state index in [1.165, 1.54) is 12.1 Å². The van der Waals surface area contributed by atoms with Crippen molar-refractivity contribution in [2.45, 2.75) is 12.5 Å². The molecule has 0 saturated heterocycles. The van der Waals surface area contributed by atoms with E-state index < -0.39 is 35.3 Å². The molecule has 2 N–H and O–H groups in total. The van der Waals surface area contributed by atoms with Crippen LogP contribution < -0.4 is 20.7 Å². The summed E-state index contributed by atoms with van der Waals surface area (Å²) in [6.07, 6.45) is 0.0121. The first kappa shape index (κ1) is 18.7. The summed E-state index contributed by atoms with van der Waals surface area (Å²) < 4.78 is 0. The zero-order valence-electron chi connectivity index (χ0n) is 15.2. The largest absolute Gasteiger partial charge is 0.872 e. The Morgan fingerprint density at radius 1 is 1.03 bits per heavy atom. The lowest BCUT2D eigenvalue weighted by Gasteiger charge is -2.29. The Balaban J connectivity index is 2.06. The number of fused-ring (bicyclic) bond motifs is 2. The first-order valence-electron chi connectivity index (χ1n) is 9.02. The fraction of sp³-hybridized carbons (Fsp3) is 0.130. The second kappa shape index (κ2) is 7.07. The van der Waals surface area contributed by atoms with Crippen LogP contribution >= 0.6 is 0 Å². The molecule has 0 amide bonds. The molecule has 1 aliphatic carbocycles. The molecule has 0 radical (unpaired) electrons. The van der Waals surface area contributed by atoms with Gasteiger partial charge in [-0.3, -0.25) is 0 Å². The molecule has 0 heterocycles. The highest BCUT2D eigenvalue weighted by molar-refractivity contribution is 6.02. The van der Waals surface area contributed by atoms with Crippen molar-refractivity contribution in [2.24, 2.45) is 5.92 Å². The van der Waals surface area contributed by atoms with E-state index in [-0.39, 0.29) is 12.0 Å². The zero-order valence-corrected chi connectivity index (χ0v) is 15.2. The molecule has 3 aromatic rings. The van der Waals surface area contributed by atoms with Crippen LogP contribution in [0.4, 0.5) is 0 Å². The number of benzene rings is 3. The summed E-state index contributed by atoms with van der Waals surface area (Å²) in [6, 6.07) is 15.1. The van der Waals surface area contributed by atoms with Crippen molar-refractivity contribution < 1.29 is 30.0 Å². The predicted molar refractivity (Wildman–Crippen MR) is 102 cm³/mol. The molecule has 1 aliphatic rings. The van der Waals surface area contributed by atoms with Crippen molar-refractivity contribution in [3.05, 3.63) is 76.2 Å². The second-order valence-electron chi connectivity index (χ2n) is 7.00. The SMILES string of the molecule is O=C(O)c1c([O-])cc2ccccc2c1CC1=c2ccccc2=CC(O)C1C(=O)[O-]. The van der Waals surface area contributed by atoms with Crippen LogP contribution in [0, 0.1) is 5.92 Å². The second-order valence-corrected chi connectivity index (χ2v) is 7.00. The summed E-state index contributed by atoms with van der Waals surface area (Å²) in [5.41, 5.74) is 0.148. The molecule has 6 heteroatoms. The number of aromatic carboxylic acids is 1. The molecule has 2 unspecified atom stereocenters. The summed E-state index contributed by atoms with van der Waals surface area (Å²) in [5.74, 6) is -4.83. The number of rotatable bonds is 4. The molecule has 0 aromatic heterocycles. The quantitative estimate of drug-likeness (QED) is 0.623. The van der Waals surface area contributed by atoms with Gasteiger partial charge in [0.1, 0.15) is 0 Å². The number of aliphatic carboxylic acids is 1. The number of hydrogen-bond donors (Lipinski definition) is 2. The van der Waals surface area contributed by atoms with Crippen LogP contribution in [0.3, 0.4) is 0 Å². The van der Waals surface area contributed by atoms with Crippen LogP contribution in [-0.4, -0.2) is 28.3 Å². The molecule has 0 saturated carbocycles. The number of carboxylic acids is 2. The third-order valence-electron chi connectivity index (χ3n) is 5.33. The van der Waals surface area contributed by atoms with Gasteiger partial charge in [-0.05, 0) is 44.8 Å². The minimum atomic E-state index is -1.46. The van der Waals surface area contributed by atoms with E-state index in [1.54, 1.807) is 48.5 Å². The molecule has 0 bridgehead atoms. The van der Waals surface area contributed by atoms with Crippen LogP contribution in [0.5, 0.6) is 5.75 Å². The third-order valence-corrected chi connectivity index (χ3v) is 5.33. The molecule has 29 heavy (non-hydrogen) atoms. The summed E-state index contributed by atoms with van der Waals surface area (Å²) in [6.45, 7) is 0. The maximum Gasteiger partial charge on any atom is 0.335 e. The average Bonchev–Trinajstić information content (AvgIpc) is 2.67. The van der Waals surface area contributed by atoms with Crippen molar-refractivity contribution in [2.75, 3.05) is 0 Å². The van der Waals surface area contributed by atoms with Gasteiger partial charge >= 0.3 is 5.97 Å². The maximum atomic E-state index is 12.5. The topological polar surface area (TPSA) is 121 Å². The normalized spacial score (nSPS) is 18.2. The Hall–Kier alpha value is -3.64. The Morgan fingerprint density at radius 3 is 2.45 bits per heavy atom. The molecular formula is C23H16O6-2. The van der Waals surface area contributed by atoms with Crippen molar-refractivity contribution in [1.82, 2.24) is 0 Å². The molecule has 2 atom stereocenters. The van der Waals surface area contributed by atoms with Crippen LogP contribution in [0.1, 0.15) is 15.9 Å². The number of aliphatic hydroxyl groups is 1. The van der Waals surface area contributed by atoms with Crippen LogP contribution in [-0.2, 0) is 11.2 Å². The number of carbonyl (C=O) groups is 2. The smallest absolute Gasteiger partial charge is 0.335 e. The lowest BCUT2D eigenvalue weighted by atomic mass is 9.81. The number of carbonyl (C=O) groups excluding carboxylic acids is 1. The molecule has 3 aromatic carbocycles. The van der Waals surface area contributed by atoms with E-state index in [4.69, 9.17) is 0 Å². The number of hydrogen-bond acceptors (Lipinski definition) is 5. The summed E-state index contributed by atoms with van der Waals surface area (Å²) in [7, 11) is 0.